The molecule has 15 heteroatoms. The quantitative estimate of drug-likeness (QED) is 0.0648. The van der Waals surface area contributed by atoms with Crippen LogP contribution in [0.1, 0.15) is 56.4 Å². The Labute approximate surface area is 316 Å². The van der Waals surface area contributed by atoms with Crippen LogP contribution >= 0.6 is 34.7 Å². The number of pyridine rings is 1. The summed E-state index contributed by atoms with van der Waals surface area (Å²) in [6.45, 7) is 4.28. The summed E-state index contributed by atoms with van der Waals surface area (Å²) in [5, 5.41) is 34.0. The Morgan fingerprint density at radius 2 is 1.71 bits per heavy atom. The Morgan fingerprint density at radius 3 is 2.33 bits per heavy atom. The Bertz CT molecular complexity index is 1920. The van der Waals surface area contributed by atoms with Crippen molar-refractivity contribution < 1.29 is 19.4 Å². The van der Waals surface area contributed by atoms with Crippen molar-refractivity contribution >= 4 is 52.4 Å². The first-order valence-corrected chi connectivity index (χ1v) is 18.9. The number of rotatable bonds is 18. The third kappa shape index (κ3) is 10.4. The maximum absolute atomic E-state index is 13.4. The van der Waals surface area contributed by atoms with E-state index in [-0.39, 0.29) is 42.4 Å². The topological polar surface area (TPSA) is 218 Å². The molecule has 0 aliphatic carbocycles. The first-order chi connectivity index (χ1) is 25.0. The number of aromatic nitrogens is 2. The van der Waals surface area contributed by atoms with Gasteiger partial charge >= 0.3 is 5.97 Å². The SMILES string of the molecule is CC(C)C[C@@H](C(=O)O)N(CCOc1ccc(-c2c(C#N)c(N)nc(SCc3csc(-c4ccc(Cl)cc4)n3)c2C#N)cc1)C(=O)[C@@H](N)CCCCN. The van der Waals surface area contributed by atoms with E-state index in [1.807, 2.05) is 31.4 Å². The molecule has 2 aromatic carbocycles. The van der Waals surface area contributed by atoms with Gasteiger partial charge in [-0.1, -0.05) is 67.9 Å². The van der Waals surface area contributed by atoms with Gasteiger partial charge in [0, 0.05) is 27.3 Å². The number of anilines is 1. The maximum atomic E-state index is 13.4. The fourth-order valence-electron chi connectivity index (χ4n) is 5.48. The Hall–Kier alpha value is -4.70. The lowest BCUT2D eigenvalue weighted by atomic mass is 9.97. The van der Waals surface area contributed by atoms with E-state index in [0.29, 0.717) is 58.5 Å². The minimum absolute atomic E-state index is 0.000154. The van der Waals surface area contributed by atoms with E-state index in [4.69, 9.17) is 38.5 Å². The lowest BCUT2D eigenvalue weighted by Crippen LogP contribution is -2.53. The van der Waals surface area contributed by atoms with Crippen LogP contribution in [0.2, 0.25) is 5.02 Å². The number of thioether (sulfide) groups is 1. The number of nitrogens with two attached hydrogens (primary N) is 3. The van der Waals surface area contributed by atoms with Gasteiger partial charge in [0.1, 0.15) is 52.0 Å². The van der Waals surface area contributed by atoms with Crippen molar-refractivity contribution in [2.45, 2.75) is 62.4 Å². The number of halogens is 1. The molecule has 2 heterocycles. The van der Waals surface area contributed by atoms with E-state index in [1.165, 1.54) is 28.0 Å². The molecule has 2 atom stereocenters. The van der Waals surface area contributed by atoms with Crippen molar-refractivity contribution in [2.24, 2.45) is 17.4 Å². The lowest BCUT2D eigenvalue weighted by molar-refractivity contribution is -0.152. The number of hydrogen-bond acceptors (Lipinski definition) is 12. The number of carbonyl (C=O) groups excluding carboxylic acids is 1. The minimum Gasteiger partial charge on any atom is -0.492 e. The average Bonchev–Trinajstić information content (AvgIpc) is 3.60. The molecule has 0 fully saturated rings. The smallest absolute Gasteiger partial charge is 0.326 e. The number of nitrogens with zero attached hydrogens (tertiary/aromatic N) is 5. The molecular formula is C37H41ClN8O4S2. The Kier molecular flexibility index (Phi) is 14.8. The Balaban J connectivity index is 1.51. The molecule has 0 saturated carbocycles. The molecule has 0 aliphatic rings. The number of aliphatic carboxylic acids is 1. The van der Waals surface area contributed by atoms with E-state index >= 15 is 0 Å². The summed E-state index contributed by atoms with van der Waals surface area (Å²) in [6.07, 6.45) is 2.03. The number of hydrogen-bond donors (Lipinski definition) is 4. The molecule has 4 aromatic rings. The number of thiazole rings is 1. The second-order valence-corrected chi connectivity index (χ2v) is 14.6. The normalized spacial score (nSPS) is 12.2. The van der Waals surface area contributed by atoms with Gasteiger partial charge in [-0.2, -0.15) is 10.5 Å². The molecule has 0 saturated heterocycles. The monoisotopic (exact) mass is 760 g/mol. The number of carboxylic acids is 1. The third-order valence-corrected chi connectivity index (χ3v) is 10.3. The molecule has 4 rings (SSSR count). The van der Waals surface area contributed by atoms with Gasteiger partial charge < -0.3 is 31.9 Å². The van der Waals surface area contributed by atoms with Crippen LogP contribution in [0, 0.1) is 28.6 Å². The van der Waals surface area contributed by atoms with E-state index in [1.54, 1.807) is 36.4 Å². The summed E-state index contributed by atoms with van der Waals surface area (Å²) >= 11 is 8.81. The van der Waals surface area contributed by atoms with Crippen molar-refractivity contribution in [3.05, 3.63) is 75.8 Å². The average molecular weight is 761 g/mol. The molecule has 0 radical (unpaired) electrons. The summed E-state index contributed by atoms with van der Waals surface area (Å²) in [5.74, 6) is -0.672. The van der Waals surface area contributed by atoms with Crippen molar-refractivity contribution in [2.75, 3.05) is 25.4 Å². The molecule has 7 N–H and O–H groups in total. The van der Waals surface area contributed by atoms with Gasteiger partial charge in [0.05, 0.1) is 23.8 Å². The van der Waals surface area contributed by atoms with Crippen molar-refractivity contribution in [3.63, 3.8) is 0 Å². The van der Waals surface area contributed by atoms with Crippen LogP contribution in [0.25, 0.3) is 21.7 Å². The van der Waals surface area contributed by atoms with Gasteiger partial charge in [-0.25, -0.2) is 14.8 Å². The highest BCUT2D eigenvalue weighted by Gasteiger charge is 2.33. The second kappa shape index (κ2) is 19.2. The molecule has 272 valence electrons. The molecule has 0 bridgehead atoms. The highest BCUT2D eigenvalue weighted by atomic mass is 35.5. The molecule has 2 aromatic heterocycles. The van der Waals surface area contributed by atoms with Crippen LogP contribution in [-0.4, -0.2) is 63.6 Å². The number of carbonyl (C=O) groups is 2. The standard InChI is InChI=1S/C37H41ClN8O4S2/c1-22(2)17-31(37(48)49)46(36(47)30(42)5-3-4-14-39)15-16-50-27-12-8-23(9-13-27)32-28(18-40)33(43)45-35(29(32)19-41)52-21-26-20-51-34(44-26)24-6-10-25(38)11-7-24/h6-13,20,22,30-31H,3-5,14-17,21,39,42H2,1-2H3,(H2,43,45)(H,48,49)/t30-,31-/m0/s1. The zero-order chi connectivity index (χ0) is 37.8. The Morgan fingerprint density at radius 1 is 1.04 bits per heavy atom. The van der Waals surface area contributed by atoms with Gasteiger partial charge in [-0.3, -0.25) is 4.79 Å². The van der Waals surface area contributed by atoms with Gasteiger partial charge in [0.25, 0.3) is 0 Å². The molecule has 0 unspecified atom stereocenters. The fourth-order valence-corrected chi connectivity index (χ4v) is 7.43. The highest BCUT2D eigenvalue weighted by molar-refractivity contribution is 7.98. The lowest BCUT2D eigenvalue weighted by Gasteiger charge is -2.32. The van der Waals surface area contributed by atoms with Crippen molar-refractivity contribution in [1.82, 2.24) is 14.9 Å². The predicted octanol–water partition coefficient (Wildman–Crippen LogP) is 6.31. The first-order valence-electron chi connectivity index (χ1n) is 16.7. The van der Waals surface area contributed by atoms with Crippen LogP contribution in [-0.2, 0) is 15.3 Å². The van der Waals surface area contributed by atoms with Crippen LogP contribution in [0.4, 0.5) is 5.82 Å². The minimum atomic E-state index is -1.11. The van der Waals surface area contributed by atoms with Gasteiger partial charge in [-0.05, 0) is 61.6 Å². The molecule has 12 nitrogen and oxygen atoms in total. The maximum Gasteiger partial charge on any atom is 0.326 e. The third-order valence-electron chi connectivity index (χ3n) is 8.08. The van der Waals surface area contributed by atoms with Gasteiger partial charge in [0.15, 0.2) is 0 Å². The number of ether oxygens (including phenoxy) is 1. The zero-order valence-corrected chi connectivity index (χ0v) is 31.3. The number of benzene rings is 2. The number of carboxylic acid groups (broad SMARTS) is 1. The second-order valence-electron chi connectivity index (χ2n) is 12.4. The number of nitriles is 2. The largest absolute Gasteiger partial charge is 0.492 e. The zero-order valence-electron chi connectivity index (χ0n) is 28.9. The summed E-state index contributed by atoms with van der Waals surface area (Å²) in [4.78, 5) is 36.0. The van der Waals surface area contributed by atoms with Crippen LogP contribution in [0.15, 0.2) is 58.9 Å². The number of nitrogen functional groups attached to an aromatic ring is 1. The summed E-state index contributed by atoms with van der Waals surface area (Å²) < 4.78 is 5.95. The van der Waals surface area contributed by atoms with E-state index in [2.05, 4.69) is 17.1 Å². The number of unbranched alkanes of at least 4 members (excludes halogenated alkanes) is 1. The van der Waals surface area contributed by atoms with Gasteiger partial charge in [-0.15, -0.1) is 11.3 Å². The van der Waals surface area contributed by atoms with Crippen LogP contribution < -0.4 is 21.9 Å². The fraction of sp³-hybridized carbons (Fsp3) is 0.351. The molecule has 52 heavy (non-hydrogen) atoms. The summed E-state index contributed by atoms with van der Waals surface area (Å²) in [5.41, 5.74) is 20.9. The summed E-state index contributed by atoms with van der Waals surface area (Å²) in [6, 6.07) is 16.6. The van der Waals surface area contributed by atoms with E-state index in [9.17, 15) is 25.2 Å². The van der Waals surface area contributed by atoms with Gasteiger partial charge in [0.2, 0.25) is 5.91 Å². The number of amides is 1. The molecular weight excluding hydrogens is 720 g/mol. The molecule has 0 aliphatic heterocycles. The van der Waals surface area contributed by atoms with Crippen molar-refractivity contribution in [1.29, 1.82) is 10.5 Å². The van der Waals surface area contributed by atoms with Crippen LogP contribution in [0.5, 0.6) is 5.75 Å². The highest BCUT2D eigenvalue weighted by Crippen LogP contribution is 2.37. The molecule has 0 spiro atoms. The van der Waals surface area contributed by atoms with Crippen LogP contribution in [0.3, 0.4) is 0 Å². The summed E-state index contributed by atoms with van der Waals surface area (Å²) in [7, 11) is 0. The predicted molar refractivity (Wildman–Crippen MR) is 205 cm³/mol. The van der Waals surface area contributed by atoms with Crippen molar-refractivity contribution in [3.8, 4) is 39.6 Å². The molecule has 1 amide bonds. The first kappa shape index (κ1) is 40.1. The van der Waals surface area contributed by atoms with E-state index < -0.39 is 24.0 Å². The van der Waals surface area contributed by atoms with E-state index in [0.717, 1.165) is 16.3 Å².